The van der Waals surface area contributed by atoms with Crippen LogP contribution in [0.4, 0.5) is 0 Å². The first-order chi connectivity index (χ1) is 7.43. The van der Waals surface area contributed by atoms with Crippen molar-refractivity contribution >= 4 is 17.7 Å². The predicted octanol–water partition coefficient (Wildman–Crippen LogP) is -1.43. The molecule has 1 fully saturated rings. The number of nitrogens with one attached hydrogen (secondary N) is 1. The van der Waals surface area contributed by atoms with E-state index in [1.807, 2.05) is 0 Å². The van der Waals surface area contributed by atoms with Crippen LogP contribution in [0.2, 0.25) is 0 Å². The molecule has 1 heterocycles. The van der Waals surface area contributed by atoms with E-state index in [0.29, 0.717) is 5.06 Å². The normalized spacial score (nSPS) is 21.4. The van der Waals surface area contributed by atoms with Crippen LogP contribution in [-0.4, -0.2) is 59.6 Å². The number of nitrogens with zero attached hydrogens (tertiary/aromatic N) is 2. The van der Waals surface area contributed by atoms with Crippen LogP contribution < -0.4 is 5.32 Å². The molecule has 0 saturated carbocycles. The molecule has 0 aliphatic carbocycles. The lowest BCUT2D eigenvalue weighted by Gasteiger charge is -2.24. The molecule has 0 aromatic carbocycles. The number of hydroxylamine groups is 2. The first-order valence-electron chi connectivity index (χ1n) is 4.92. The average molecular weight is 229 g/mol. The Hall–Kier alpha value is -1.63. The van der Waals surface area contributed by atoms with Crippen molar-refractivity contribution in [1.82, 2.24) is 15.3 Å². The fourth-order valence-electron chi connectivity index (χ4n) is 1.46. The lowest BCUT2D eigenvalue weighted by Crippen LogP contribution is -2.46. The Morgan fingerprint density at radius 2 is 2.25 bits per heavy atom. The third kappa shape index (κ3) is 2.69. The van der Waals surface area contributed by atoms with Crippen LogP contribution in [0.1, 0.15) is 12.8 Å². The first kappa shape index (κ1) is 12.4. The van der Waals surface area contributed by atoms with Gasteiger partial charge in [-0.15, -0.1) is 0 Å². The minimum atomic E-state index is -0.850. The lowest BCUT2D eigenvalue weighted by molar-refractivity contribution is -0.162. The monoisotopic (exact) mass is 229 g/mol. The summed E-state index contributed by atoms with van der Waals surface area (Å²) in [4.78, 5) is 35.6. The largest absolute Gasteiger partial charge is 0.354 e. The zero-order chi connectivity index (χ0) is 12.3. The van der Waals surface area contributed by atoms with Crippen LogP contribution in [0.5, 0.6) is 0 Å². The highest BCUT2D eigenvalue weighted by molar-refractivity contribution is 5.93. The number of likely N-dealkylation sites (N-methyl/N-ethyl adjacent to an activating group) is 1. The van der Waals surface area contributed by atoms with Crippen molar-refractivity contribution in [2.45, 2.75) is 18.9 Å². The predicted molar refractivity (Wildman–Crippen MR) is 53.4 cm³/mol. The molecule has 16 heavy (non-hydrogen) atoms. The molecular weight excluding hydrogens is 214 g/mol. The molecule has 90 valence electrons. The molecule has 0 aromatic heterocycles. The molecule has 7 nitrogen and oxygen atoms in total. The quantitative estimate of drug-likeness (QED) is 0.449. The van der Waals surface area contributed by atoms with E-state index in [1.54, 1.807) is 0 Å². The smallest absolute Gasteiger partial charge is 0.248 e. The molecule has 3 amide bonds. The van der Waals surface area contributed by atoms with E-state index in [9.17, 15) is 14.4 Å². The van der Waals surface area contributed by atoms with Crippen LogP contribution in [0.15, 0.2) is 0 Å². The van der Waals surface area contributed by atoms with E-state index in [-0.39, 0.29) is 31.2 Å². The van der Waals surface area contributed by atoms with Crippen molar-refractivity contribution in [3.8, 4) is 0 Å². The zero-order valence-electron chi connectivity index (χ0n) is 9.27. The van der Waals surface area contributed by atoms with Gasteiger partial charge in [-0.05, 0) is 0 Å². The second kappa shape index (κ2) is 4.93. The van der Waals surface area contributed by atoms with Gasteiger partial charge in [-0.3, -0.25) is 19.6 Å². The van der Waals surface area contributed by atoms with E-state index in [0.717, 1.165) is 0 Å². The fourth-order valence-corrected chi connectivity index (χ4v) is 1.46. The molecule has 1 atom stereocenters. The third-order valence-electron chi connectivity index (χ3n) is 2.53. The van der Waals surface area contributed by atoms with E-state index in [4.69, 9.17) is 5.21 Å². The van der Waals surface area contributed by atoms with Gasteiger partial charge in [-0.2, -0.15) is 0 Å². The van der Waals surface area contributed by atoms with Crippen molar-refractivity contribution in [2.75, 3.05) is 20.6 Å². The fraction of sp³-hybridized carbons (Fsp3) is 0.667. The minimum Gasteiger partial charge on any atom is -0.354 e. The maximum Gasteiger partial charge on any atom is 0.248 e. The Labute approximate surface area is 93.0 Å². The topological polar surface area (TPSA) is 90.0 Å². The molecule has 0 spiro atoms. The SMILES string of the molecule is CN(O)C(=O)C[C@H]1C(=O)NCCC(=O)N1C. The molecular formula is C9H15N3O4. The summed E-state index contributed by atoms with van der Waals surface area (Å²) < 4.78 is 0. The summed E-state index contributed by atoms with van der Waals surface area (Å²) in [7, 11) is 2.65. The highest BCUT2D eigenvalue weighted by atomic mass is 16.5. The van der Waals surface area contributed by atoms with Gasteiger partial charge in [0.15, 0.2) is 0 Å². The highest BCUT2D eigenvalue weighted by Gasteiger charge is 2.32. The van der Waals surface area contributed by atoms with Gasteiger partial charge in [-0.25, -0.2) is 5.06 Å². The summed E-state index contributed by atoms with van der Waals surface area (Å²) in [6, 6.07) is -0.850. The molecule has 7 heteroatoms. The molecule has 0 unspecified atom stereocenters. The number of amides is 3. The van der Waals surface area contributed by atoms with Gasteiger partial charge < -0.3 is 10.2 Å². The molecule has 2 N–H and O–H groups in total. The highest BCUT2D eigenvalue weighted by Crippen LogP contribution is 2.09. The van der Waals surface area contributed by atoms with Gasteiger partial charge in [0, 0.05) is 27.1 Å². The number of carbonyl (C=O) groups is 3. The van der Waals surface area contributed by atoms with Crippen molar-refractivity contribution < 1.29 is 19.6 Å². The Morgan fingerprint density at radius 3 is 2.81 bits per heavy atom. The van der Waals surface area contributed by atoms with Gasteiger partial charge in [0.2, 0.25) is 17.7 Å². The Kier molecular flexibility index (Phi) is 3.83. The van der Waals surface area contributed by atoms with Gasteiger partial charge in [0.1, 0.15) is 6.04 Å². The molecule has 0 bridgehead atoms. The van der Waals surface area contributed by atoms with E-state index in [1.165, 1.54) is 19.0 Å². The Balaban J connectivity index is 2.77. The van der Waals surface area contributed by atoms with Crippen molar-refractivity contribution in [2.24, 2.45) is 0 Å². The minimum absolute atomic E-state index is 0.197. The number of hydrogen-bond donors (Lipinski definition) is 2. The van der Waals surface area contributed by atoms with E-state index >= 15 is 0 Å². The van der Waals surface area contributed by atoms with Crippen LogP contribution in [0.25, 0.3) is 0 Å². The van der Waals surface area contributed by atoms with Crippen LogP contribution >= 0.6 is 0 Å². The summed E-state index contributed by atoms with van der Waals surface area (Å²) in [5, 5.41) is 11.9. The maximum absolute atomic E-state index is 11.6. The second-order valence-corrected chi connectivity index (χ2v) is 3.68. The van der Waals surface area contributed by atoms with Gasteiger partial charge in [0.05, 0.1) is 6.42 Å². The molecule has 1 aliphatic rings. The summed E-state index contributed by atoms with van der Waals surface area (Å²) in [5.74, 6) is -1.18. The van der Waals surface area contributed by atoms with Crippen LogP contribution in [0.3, 0.4) is 0 Å². The molecule has 1 aliphatic heterocycles. The second-order valence-electron chi connectivity index (χ2n) is 3.68. The van der Waals surface area contributed by atoms with E-state index in [2.05, 4.69) is 5.32 Å². The first-order valence-corrected chi connectivity index (χ1v) is 4.92. The van der Waals surface area contributed by atoms with Crippen molar-refractivity contribution in [3.63, 3.8) is 0 Å². The van der Waals surface area contributed by atoms with Crippen LogP contribution in [-0.2, 0) is 14.4 Å². The van der Waals surface area contributed by atoms with Crippen LogP contribution in [0, 0.1) is 0 Å². The Morgan fingerprint density at radius 1 is 1.62 bits per heavy atom. The number of hydrogen-bond acceptors (Lipinski definition) is 4. The van der Waals surface area contributed by atoms with Gasteiger partial charge in [-0.1, -0.05) is 0 Å². The molecule has 1 saturated heterocycles. The van der Waals surface area contributed by atoms with E-state index < -0.39 is 11.9 Å². The third-order valence-corrected chi connectivity index (χ3v) is 2.53. The summed E-state index contributed by atoms with van der Waals surface area (Å²) in [5.41, 5.74) is 0. The standard InChI is InChI=1S/C9H15N3O4/c1-11-6(5-8(14)12(2)16)9(15)10-4-3-7(11)13/h6,16H,3-5H2,1-2H3,(H,10,15)/t6-/m0/s1. The summed E-state index contributed by atoms with van der Waals surface area (Å²) >= 11 is 0. The molecule has 0 aromatic rings. The summed E-state index contributed by atoms with van der Waals surface area (Å²) in [6.45, 7) is 0.279. The molecule has 1 rings (SSSR count). The maximum atomic E-state index is 11.6. The van der Waals surface area contributed by atoms with Crippen molar-refractivity contribution in [3.05, 3.63) is 0 Å². The number of rotatable bonds is 2. The number of carbonyl (C=O) groups excluding carboxylic acids is 3. The van der Waals surface area contributed by atoms with Gasteiger partial charge >= 0.3 is 0 Å². The average Bonchev–Trinajstić information content (AvgIpc) is 2.33. The lowest BCUT2D eigenvalue weighted by atomic mass is 10.1. The summed E-state index contributed by atoms with van der Waals surface area (Å²) in [6.07, 6.45) is 0.00294. The Bertz CT molecular complexity index is 316. The zero-order valence-corrected chi connectivity index (χ0v) is 9.27. The molecule has 0 radical (unpaired) electrons. The van der Waals surface area contributed by atoms with Gasteiger partial charge in [0.25, 0.3) is 0 Å². The van der Waals surface area contributed by atoms with Crippen molar-refractivity contribution in [1.29, 1.82) is 0 Å².